The van der Waals surface area contributed by atoms with Crippen LogP contribution in [0, 0.1) is 0 Å². The number of aryl methyl sites for hydroxylation is 1. The van der Waals surface area contributed by atoms with Gasteiger partial charge in [-0.3, -0.25) is 9.69 Å². The first-order valence-electron chi connectivity index (χ1n) is 11.7. The number of sulfonamides is 1. The Morgan fingerprint density at radius 3 is 2.64 bits per heavy atom. The van der Waals surface area contributed by atoms with Crippen LogP contribution in [0.25, 0.3) is 0 Å². The topological polar surface area (TPSA) is 79.0 Å². The maximum atomic E-state index is 13.2. The van der Waals surface area contributed by atoms with Gasteiger partial charge in [-0.15, -0.1) is 0 Å². The molecule has 1 saturated heterocycles. The monoisotopic (exact) mass is 471 g/mol. The number of fused-ring (bicyclic) bond motifs is 1. The average Bonchev–Trinajstić information content (AvgIpc) is 2.84. The van der Waals surface area contributed by atoms with Crippen LogP contribution in [-0.4, -0.2) is 57.3 Å². The molecular weight excluding hydrogens is 438 g/mol. The predicted molar refractivity (Wildman–Crippen MR) is 129 cm³/mol. The van der Waals surface area contributed by atoms with Gasteiger partial charge < -0.3 is 10.1 Å². The molecule has 8 heteroatoms. The lowest BCUT2D eigenvalue weighted by molar-refractivity contribution is -0.117. The highest BCUT2D eigenvalue weighted by atomic mass is 32.2. The van der Waals surface area contributed by atoms with Gasteiger partial charge in [0.05, 0.1) is 13.7 Å². The molecule has 1 aliphatic heterocycles. The van der Waals surface area contributed by atoms with Gasteiger partial charge in [0, 0.05) is 24.8 Å². The molecule has 0 bridgehead atoms. The van der Waals surface area contributed by atoms with Gasteiger partial charge >= 0.3 is 0 Å². The first kappa shape index (κ1) is 23.7. The maximum Gasteiger partial charge on any atom is 0.246 e. The Balaban J connectivity index is 1.48. The van der Waals surface area contributed by atoms with Crippen molar-refractivity contribution in [3.63, 3.8) is 0 Å². The molecule has 0 aromatic heterocycles. The molecule has 1 heterocycles. The number of rotatable bonds is 7. The third-order valence-electron chi connectivity index (χ3n) is 6.64. The van der Waals surface area contributed by atoms with Crippen molar-refractivity contribution in [2.24, 2.45) is 0 Å². The molecule has 1 fully saturated rings. The first-order chi connectivity index (χ1) is 15.9. The number of anilines is 1. The summed E-state index contributed by atoms with van der Waals surface area (Å²) in [5.41, 5.74) is 3.09. The molecule has 4 rings (SSSR count). The molecule has 0 radical (unpaired) electrons. The summed E-state index contributed by atoms with van der Waals surface area (Å²) >= 11 is 0. The highest BCUT2D eigenvalue weighted by molar-refractivity contribution is 7.89. The second-order valence-electron chi connectivity index (χ2n) is 8.90. The summed E-state index contributed by atoms with van der Waals surface area (Å²) in [6.45, 7) is 1.24. The summed E-state index contributed by atoms with van der Waals surface area (Å²) < 4.78 is 33.3. The van der Waals surface area contributed by atoms with Crippen molar-refractivity contribution in [2.45, 2.75) is 49.5 Å². The highest BCUT2D eigenvalue weighted by Crippen LogP contribution is 2.34. The number of amides is 1. The second-order valence-corrected chi connectivity index (χ2v) is 10.8. The lowest BCUT2D eigenvalue weighted by Crippen LogP contribution is -2.36. The summed E-state index contributed by atoms with van der Waals surface area (Å²) in [6, 6.07) is 13.4. The fraction of sp³-hybridized carbons (Fsp3) is 0.480. The van der Waals surface area contributed by atoms with E-state index in [0.717, 1.165) is 38.5 Å². The van der Waals surface area contributed by atoms with E-state index in [9.17, 15) is 13.2 Å². The first-order valence-corrected chi connectivity index (χ1v) is 13.1. The normalized spacial score (nSPS) is 19.2. The molecule has 0 saturated carbocycles. The van der Waals surface area contributed by atoms with E-state index in [-0.39, 0.29) is 29.1 Å². The standard InChI is InChI=1S/C25H33N3O4S/c1-27(22-12-8-10-19-9-4-5-11-21(19)22)18-25(29)26-20-13-14-23(32-2)24(17-20)33(30,31)28-15-6-3-7-16-28/h4-5,9,11,13-14,17,22H,3,6-8,10,12,15-16,18H2,1-2H3,(H,26,29)/t22-/m0/s1. The molecule has 2 aromatic carbocycles. The van der Waals surface area contributed by atoms with Gasteiger partial charge in [-0.1, -0.05) is 30.7 Å². The molecule has 1 N–H and O–H groups in total. The summed E-state index contributed by atoms with van der Waals surface area (Å²) in [4.78, 5) is 15.0. The van der Waals surface area contributed by atoms with E-state index in [2.05, 4.69) is 28.4 Å². The number of likely N-dealkylation sites (N-methyl/N-ethyl adjacent to an activating group) is 1. The van der Waals surface area contributed by atoms with Gasteiger partial charge in [-0.2, -0.15) is 4.31 Å². The molecule has 178 valence electrons. The molecule has 2 aliphatic rings. The smallest absolute Gasteiger partial charge is 0.246 e. The molecule has 1 amide bonds. The van der Waals surface area contributed by atoms with Crippen LogP contribution in [0.2, 0.25) is 0 Å². The van der Waals surface area contributed by atoms with Crippen molar-refractivity contribution in [1.29, 1.82) is 0 Å². The lowest BCUT2D eigenvalue weighted by Gasteiger charge is -2.32. The van der Waals surface area contributed by atoms with Crippen LogP contribution in [0.4, 0.5) is 5.69 Å². The molecule has 33 heavy (non-hydrogen) atoms. The number of hydrogen-bond donors (Lipinski definition) is 1. The fourth-order valence-corrected chi connectivity index (χ4v) is 6.62. The van der Waals surface area contributed by atoms with Gasteiger partial charge in [0.2, 0.25) is 15.9 Å². The quantitative estimate of drug-likeness (QED) is 0.664. The van der Waals surface area contributed by atoms with Crippen LogP contribution < -0.4 is 10.1 Å². The third kappa shape index (κ3) is 5.23. The summed E-state index contributed by atoms with van der Waals surface area (Å²) in [7, 11) is -0.267. The van der Waals surface area contributed by atoms with Crippen molar-refractivity contribution in [1.82, 2.24) is 9.21 Å². The second kappa shape index (κ2) is 10.2. The van der Waals surface area contributed by atoms with Gasteiger partial charge in [0.1, 0.15) is 10.6 Å². The zero-order valence-corrected chi connectivity index (χ0v) is 20.2. The number of nitrogens with zero attached hydrogens (tertiary/aromatic N) is 2. The summed E-state index contributed by atoms with van der Waals surface area (Å²) in [5, 5.41) is 2.88. The Hall–Kier alpha value is -2.42. The van der Waals surface area contributed by atoms with Gasteiger partial charge in [-0.25, -0.2) is 8.42 Å². The Morgan fingerprint density at radius 2 is 1.88 bits per heavy atom. The molecule has 7 nitrogen and oxygen atoms in total. The van der Waals surface area contributed by atoms with Crippen molar-refractivity contribution in [3.8, 4) is 5.75 Å². The van der Waals surface area contributed by atoms with Crippen molar-refractivity contribution in [3.05, 3.63) is 53.6 Å². The molecule has 0 unspecified atom stereocenters. The van der Waals surface area contributed by atoms with Crippen molar-refractivity contribution < 1.29 is 17.9 Å². The van der Waals surface area contributed by atoms with Crippen LogP contribution in [-0.2, 0) is 21.2 Å². The molecular formula is C25H33N3O4S. The minimum absolute atomic E-state index is 0.0965. The number of methoxy groups -OCH3 is 1. The van der Waals surface area contributed by atoms with Gasteiger partial charge in [-0.05, 0) is 68.5 Å². The highest BCUT2D eigenvalue weighted by Gasteiger charge is 2.30. The third-order valence-corrected chi connectivity index (χ3v) is 8.56. The van der Waals surface area contributed by atoms with Gasteiger partial charge in [0.25, 0.3) is 0 Å². The number of nitrogens with one attached hydrogen (secondary N) is 1. The van der Waals surface area contributed by atoms with Crippen molar-refractivity contribution in [2.75, 3.05) is 39.1 Å². The Bertz CT molecular complexity index is 1100. The number of ether oxygens (including phenoxy) is 1. The van der Waals surface area contributed by atoms with E-state index in [1.165, 1.54) is 28.6 Å². The van der Waals surface area contributed by atoms with E-state index in [1.807, 2.05) is 13.1 Å². The summed E-state index contributed by atoms with van der Waals surface area (Å²) in [5.74, 6) is 0.113. The summed E-state index contributed by atoms with van der Waals surface area (Å²) in [6.07, 6.45) is 5.94. The molecule has 2 aromatic rings. The number of carbonyl (C=O) groups is 1. The van der Waals surface area contributed by atoms with Crippen molar-refractivity contribution >= 4 is 21.6 Å². The van der Waals surface area contributed by atoms with E-state index >= 15 is 0 Å². The largest absolute Gasteiger partial charge is 0.495 e. The average molecular weight is 472 g/mol. The number of piperidine rings is 1. The Morgan fingerprint density at radius 1 is 1.12 bits per heavy atom. The van der Waals surface area contributed by atoms with Crippen LogP contribution >= 0.6 is 0 Å². The fourth-order valence-electron chi connectivity index (χ4n) is 4.92. The number of hydrogen-bond acceptors (Lipinski definition) is 5. The maximum absolute atomic E-state index is 13.2. The van der Waals surface area contributed by atoms with E-state index < -0.39 is 10.0 Å². The predicted octanol–water partition coefficient (Wildman–Crippen LogP) is 3.82. The van der Waals surface area contributed by atoms with Crippen LogP contribution in [0.1, 0.15) is 49.3 Å². The number of carbonyl (C=O) groups excluding carboxylic acids is 1. The zero-order chi connectivity index (χ0) is 23.4. The van der Waals surface area contributed by atoms with E-state index in [0.29, 0.717) is 18.8 Å². The van der Waals surface area contributed by atoms with E-state index in [1.54, 1.807) is 12.1 Å². The Kier molecular flexibility index (Phi) is 7.36. The number of benzene rings is 2. The minimum atomic E-state index is -3.69. The van der Waals surface area contributed by atoms with Crippen LogP contribution in [0.3, 0.4) is 0 Å². The lowest BCUT2D eigenvalue weighted by atomic mass is 9.87. The Labute approximate surface area is 196 Å². The van der Waals surface area contributed by atoms with Crippen LogP contribution in [0.5, 0.6) is 5.75 Å². The molecule has 1 aliphatic carbocycles. The minimum Gasteiger partial charge on any atom is -0.495 e. The van der Waals surface area contributed by atoms with Crippen LogP contribution in [0.15, 0.2) is 47.4 Å². The van der Waals surface area contributed by atoms with E-state index in [4.69, 9.17) is 4.74 Å². The van der Waals surface area contributed by atoms with Gasteiger partial charge in [0.15, 0.2) is 0 Å². The zero-order valence-electron chi connectivity index (χ0n) is 19.4. The molecule has 0 spiro atoms. The molecule has 1 atom stereocenters. The SMILES string of the molecule is COc1ccc(NC(=O)CN(C)[C@H]2CCCc3ccccc32)cc1S(=O)(=O)N1CCCCC1.